The van der Waals surface area contributed by atoms with Crippen LogP contribution in [0.2, 0.25) is 0 Å². The number of nitriles is 1. The molecule has 0 heterocycles. The molecular formula is C14H15F3N2O2S. The molecule has 1 aromatic carbocycles. The average Bonchev–Trinajstić information content (AvgIpc) is 2.33. The molecule has 4 nitrogen and oxygen atoms in total. The van der Waals surface area contributed by atoms with Crippen molar-refractivity contribution in [2.45, 2.75) is 42.8 Å². The number of benzene rings is 1. The topological polar surface area (TPSA) is 62.1 Å². The summed E-state index contributed by atoms with van der Waals surface area (Å²) in [6.07, 6.45) is -0.771. The maximum atomic E-state index is 12.2. The smallest absolute Gasteiger partial charge is 0.444 e. The van der Waals surface area contributed by atoms with E-state index in [1.165, 1.54) is 24.3 Å². The molecule has 120 valence electrons. The molecule has 0 radical (unpaired) electrons. The van der Waals surface area contributed by atoms with E-state index >= 15 is 0 Å². The summed E-state index contributed by atoms with van der Waals surface area (Å²) in [5, 5.41) is 11.4. The molecule has 0 saturated carbocycles. The van der Waals surface area contributed by atoms with E-state index < -0.39 is 23.2 Å². The van der Waals surface area contributed by atoms with Crippen LogP contribution in [0.4, 0.5) is 18.0 Å². The molecule has 8 heteroatoms. The fraction of sp³-hybridized carbons (Fsp3) is 0.429. The summed E-state index contributed by atoms with van der Waals surface area (Å²) >= 11 is -0.244. The number of hydrogen-bond donors (Lipinski definition) is 1. The van der Waals surface area contributed by atoms with Gasteiger partial charge >= 0.3 is 11.6 Å². The van der Waals surface area contributed by atoms with Crippen LogP contribution in [-0.4, -0.2) is 17.2 Å². The molecule has 1 aromatic rings. The molecule has 1 atom stereocenters. The van der Waals surface area contributed by atoms with Gasteiger partial charge in [0.15, 0.2) is 0 Å². The highest BCUT2D eigenvalue weighted by atomic mass is 32.2. The number of nitrogens with zero attached hydrogens (tertiary/aromatic N) is 1. The Morgan fingerprint density at radius 1 is 1.27 bits per heavy atom. The van der Waals surface area contributed by atoms with Gasteiger partial charge in [0.05, 0.1) is 6.07 Å². The molecule has 1 unspecified atom stereocenters. The number of alkyl halides is 3. The van der Waals surface area contributed by atoms with Gasteiger partial charge in [-0.25, -0.2) is 4.79 Å². The number of rotatable bonds is 3. The van der Waals surface area contributed by atoms with Gasteiger partial charge in [-0.05, 0) is 50.2 Å². The second-order valence-corrected chi connectivity index (χ2v) is 6.46. The summed E-state index contributed by atoms with van der Waals surface area (Å²) in [7, 11) is 0. The predicted octanol–water partition coefficient (Wildman–Crippen LogP) is 4.39. The highest BCUT2D eigenvalue weighted by Crippen LogP contribution is 2.37. The molecule has 0 aliphatic rings. The largest absolute Gasteiger partial charge is 0.446 e. The van der Waals surface area contributed by atoms with Crippen molar-refractivity contribution >= 4 is 17.9 Å². The van der Waals surface area contributed by atoms with Crippen LogP contribution in [0.3, 0.4) is 0 Å². The molecule has 1 N–H and O–H groups in total. The molecule has 1 amide bonds. The maximum Gasteiger partial charge on any atom is 0.446 e. The molecule has 0 aromatic heterocycles. The first-order chi connectivity index (χ1) is 10.00. The van der Waals surface area contributed by atoms with Crippen molar-refractivity contribution in [3.8, 4) is 6.07 Å². The first-order valence-electron chi connectivity index (χ1n) is 6.25. The summed E-state index contributed by atoms with van der Waals surface area (Å²) in [4.78, 5) is 11.6. The molecule has 22 heavy (non-hydrogen) atoms. The number of nitrogens with one attached hydrogen (secondary N) is 1. The highest BCUT2D eigenvalue weighted by molar-refractivity contribution is 8.00. The Morgan fingerprint density at radius 2 is 1.82 bits per heavy atom. The van der Waals surface area contributed by atoms with E-state index in [1.54, 1.807) is 20.8 Å². The lowest BCUT2D eigenvalue weighted by Crippen LogP contribution is -2.34. The number of carbonyl (C=O) groups excluding carboxylic acids is 1. The van der Waals surface area contributed by atoms with E-state index in [-0.39, 0.29) is 16.7 Å². The van der Waals surface area contributed by atoms with Crippen LogP contribution >= 0.6 is 11.8 Å². The van der Waals surface area contributed by atoms with Gasteiger partial charge in [0.2, 0.25) is 0 Å². The van der Waals surface area contributed by atoms with Gasteiger partial charge < -0.3 is 10.1 Å². The lowest BCUT2D eigenvalue weighted by Gasteiger charge is -2.21. The zero-order valence-electron chi connectivity index (χ0n) is 12.2. The number of amides is 1. The zero-order chi connectivity index (χ0) is 17.0. The Balaban J connectivity index is 2.76. The highest BCUT2D eigenvalue weighted by Gasteiger charge is 2.29. The van der Waals surface area contributed by atoms with Crippen LogP contribution in [0, 0.1) is 11.3 Å². The Morgan fingerprint density at radius 3 is 2.23 bits per heavy atom. The standard InChI is InChI=1S/C14H15F3N2O2S/c1-13(2,3)21-12(20)19-11(8-18)9-4-6-10(7-5-9)22-14(15,16)17/h4-7,11H,1-3H3,(H,19,20). The number of halogens is 3. The molecule has 0 aliphatic heterocycles. The lowest BCUT2D eigenvalue weighted by molar-refractivity contribution is -0.0328. The molecule has 0 saturated heterocycles. The van der Waals surface area contributed by atoms with Gasteiger partial charge in [-0.3, -0.25) is 0 Å². The van der Waals surface area contributed by atoms with Crippen molar-refractivity contribution in [1.82, 2.24) is 5.32 Å². The van der Waals surface area contributed by atoms with Crippen molar-refractivity contribution in [3.63, 3.8) is 0 Å². The first kappa shape index (κ1) is 18.2. The summed E-state index contributed by atoms with van der Waals surface area (Å²) in [5.74, 6) is 0. The summed E-state index contributed by atoms with van der Waals surface area (Å²) in [6.45, 7) is 5.03. The van der Waals surface area contributed by atoms with Crippen molar-refractivity contribution in [3.05, 3.63) is 29.8 Å². The van der Waals surface area contributed by atoms with Crippen molar-refractivity contribution in [2.24, 2.45) is 0 Å². The quantitative estimate of drug-likeness (QED) is 0.834. The van der Waals surface area contributed by atoms with Crippen molar-refractivity contribution < 1.29 is 22.7 Å². The second kappa shape index (κ2) is 6.92. The fourth-order valence-corrected chi connectivity index (χ4v) is 2.02. The lowest BCUT2D eigenvalue weighted by atomic mass is 10.1. The van der Waals surface area contributed by atoms with Gasteiger partial charge in [-0.2, -0.15) is 18.4 Å². The maximum absolute atomic E-state index is 12.2. The first-order valence-corrected chi connectivity index (χ1v) is 7.07. The number of alkyl carbamates (subject to hydrolysis) is 1. The van der Waals surface area contributed by atoms with Crippen LogP contribution in [-0.2, 0) is 4.74 Å². The monoisotopic (exact) mass is 332 g/mol. The van der Waals surface area contributed by atoms with Gasteiger partial charge in [0.25, 0.3) is 0 Å². The van der Waals surface area contributed by atoms with Crippen molar-refractivity contribution in [2.75, 3.05) is 0 Å². The third-order valence-electron chi connectivity index (χ3n) is 2.24. The molecule has 1 rings (SSSR count). The van der Waals surface area contributed by atoms with Crippen LogP contribution < -0.4 is 5.32 Å². The number of ether oxygens (including phenoxy) is 1. The van der Waals surface area contributed by atoms with Gasteiger partial charge in [0.1, 0.15) is 11.6 Å². The summed E-state index contributed by atoms with van der Waals surface area (Å²) in [5.41, 5.74) is -4.71. The normalized spacial score (nSPS) is 13.1. The van der Waals surface area contributed by atoms with Crippen LogP contribution in [0.15, 0.2) is 29.2 Å². The van der Waals surface area contributed by atoms with E-state index in [2.05, 4.69) is 5.32 Å². The molecular weight excluding hydrogens is 317 g/mol. The number of hydrogen-bond acceptors (Lipinski definition) is 4. The Bertz CT molecular complexity index is 559. The van der Waals surface area contributed by atoms with E-state index in [1.807, 2.05) is 6.07 Å². The third-order valence-corrected chi connectivity index (χ3v) is 2.98. The van der Waals surface area contributed by atoms with Crippen molar-refractivity contribution in [1.29, 1.82) is 5.26 Å². The summed E-state index contributed by atoms with van der Waals surface area (Å²) in [6, 6.07) is 6.07. The van der Waals surface area contributed by atoms with E-state index in [9.17, 15) is 18.0 Å². The molecule has 0 fully saturated rings. The number of carbonyl (C=O) groups is 1. The van der Waals surface area contributed by atoms with Crippen LogP contribution in [0.5, 0.6) is 0 Å². The molecule has 0 aliphatic carbocycles. The zero-order valence-corrected chi connectivity index (χ0v) is 13.0. The Kier molecular flexibility index (Phi) is 5.72. The van der Waals surface area contributed by atoms with Crippen LogP contribution in [0.25, 0.3) is 0 Å². The minimum absolute atomic E-state index is 0.00482. The Hall–Kier alpha value is -1.88. The van der Waals surface area contributed by atoms with E-state index in [0.717, 1.165) is 0 Å². The fourth-order valence-electron chi connectivity index (χ4n) is 1.48. The molecule has 0 spiro atoms. The van der Waals surface area contributed by atoms with E-state index in [4.69, 9.17) is 10.00 Å². The number of thioether (sulfide) groups is 1. The minimum Gasteiger partial charge on any atom is -0.444 e. The molecule has 0 bridgehead atoms. The van der Waals surface area contributed by atoms with E-state index in [0.29, 0.717) is 5.56 Å². The average molecular weight is 332 g/mol. The van der Waals surface area contributed by atoms with Gasteiger partial charge in [-0.15, -0.1) is 0 Å². The second-order valence-electron chi connectivity index (χ2n) is 5.33. The minimum atomic E-state index is -4.37. The van der Waals surface area contributed by atoms with Gasteiger partial charge in [0, 0.05) is 4.90 Å². The van der Waals surface area contributed by atoms with Gasteiger partial charge in [-0.1, -0.05) is 12.1 Å². The Labute approximate surface area is 130 Å². The third kappa shape index (κ3) is 6.72. The SMILES string of the molecule is CC(C)(C)OC(=O)NC(C#N)c1ccc(SC(F)(F)F)cc1. The predicted molar refractivity (Wildman–Crippen MR) is 76.1 cm³/mol. The summed E-state index contributed by atoms with van der Waals surface area (Å²) < 4.78 is 41.7. The van der Waals surface area contributed by atoms with Crippen LogP contribution in [0.1, 0.15) is 32.4 Å².